The van der Waals surface area contributed by atoms with Gasteiger partial charge in [0, 0.05) is 12.6 Å². The lowest BCUT2D eigenvalue weighted by molar-refractivity contribution is 0.227. The Morgan fingerprint density at radius 2 is 2.00 bits per heavy atom. The monoisotopic (exact) mass is 202 g/mol. The highest BCUT2D eigenvalue weighted by Gasteiger charge is 2.12. The number of nitrogens with zero attached hydrogens (tertiary/aromatic N) is 1. The van der Waals surface area contributed by atoms with Crippen LogP contribution in [0.5, 0.6) is 0 Å². The van der Waals surface area contributed by atoms with Crippen LogP contribution in [0.4, 0.5) is 0 Å². The largest absolute Gasteiger partial charge is 0.392 e. The molecule has 2 nitrogen and oxygen atoms in total. The van der Waals surface area contributed by atoms with E-state index in [4.69, 9.17) is 18.0 Å². The van der Waals surface area contributed by atoms with Crippen molar-refractivity contribution in [3.63, 3.8) is 0 Å². The SMILES string of the molecule is CCCC(C)N(CCC)CC(N)=S. The standard InChI is InChI=1S/C10H22N2S/c1-4-6-9(3)12(7-5-2)8-10(11)13/h9H,4-8H2,1-3H3,(H2,11,13). The molecule has 0 aliphatic heterocycles. The summed E-state index contributed by atoms with van der Waals surface area (Å²) >= 11 is 4.93. The van der Waals surface area contributed by atoms with Crippen LogP contribution in [0.3, 0.4) is 0 Å². The van der Waals surface area contributed by atoms with Gasteiger partial charge < -0.3 is 5.73 Å². The van der Waals surface area contributed by atoms with E-state index >= 15 is 0 Å². The van der Waals surface area contributed by atoms with Gasteiger partial charge in [0.25, 0.3) is 0 Å². The molecule has 0 aliphatic carbocycles. The van der Waals surface area contributed by atoms with E-state index in [0.29, 0.717) is 11.0 Å². The highest BCUT2D eigenvalue weighted by atomic mass is 32.1. The summed E-state index contributed by atoms with van der Waals surface area (Å²) < 4.78 is 0. The van der Waals surface area contributed by atoms with Gasteiger partial charge in [-0.05, 0) is 26.3 Å². The Morgan fingerprint density at radius 3 is 2.38 bits per heavy atom. The molecular formula is C10H22N2S. The van der Waals surface area contributed by atoms with E-state index in [1.807, 2.05) is 0 Å². The van der Waals surface area contributed by atoms with Crippen molar-refractivity contribution >= 4 is 17.2 Å². The van der Waals surface area contributed by atoms with Gasteiger partial charge >= 0.3 is 0 Å². The smallest absolute Gasteiger partial charge is 0.0870 e. The molecule has 0 aromatic carbocycles. The summed E-state index contributed by atoms with van der Waals surface area (Å²) in [5.41, 5.74) is 5.55. The highest BCUT2D eigenvalue weighted by molar-refractivity contribution is 7.80. The molecule has 0 aromatic heterocycles. The average Bonchev–Trinajstić information content (AvgIpc) is 2.03. The molecule has 0 heterocycles. The maximum absolute atomic E-state index is 5.55. The zero-order chi connectivity index (χ0) is 10.3. The molecule has 3 heteroatoms. The molecule has 0 radical (unpaired) electrons. The van der Waals surface area contributed by atoms with Gasteiger partial charge in [0.2, 0.25) is 0 Å². The van der Waals surface area contributed by atoms with Crippen LogP contribution in [0, 0.1) is 0 Å². The van der Waals surface area contributed by atoms with Crippen LogP contribution >= 0.6 is 12.2 Å². The second-order valence-corrected chi connectivity index (χ2v) is 4.10. The van der Waals surface area contributed by atoms with Gasteiger partial charge in [-0.3, -0.25) is 4.90 Å². The fourth-order valence-corrected chi connectivity index (χ4v) is 1.71. The number of thiocarbonyl (C=S) groups is 1. The quantitative estimate of drug-likeness (QED) is 0.642. The molecule has 0 amide bonds. The summed E-state index contributed by atoms with van der Waals surface area (Å²) in [7, 11) is 0. The van der Waals surface area contributed by atoms with Gasteiger partial charge in [-0.1, -0.05) is 32.5 Å². The summed E-state index contributed by atoms with van der Waals surface area (Å²) in [6, 6.07) is 0.603. The van der Waals surface area contributed by atoms with Gasteiger partial charge in [0.1, 0.15) is 0 Å². The van der Waals surface area contributed by atoms with Crippen molar-refractivity contribution in [2.24, 2.45) is 5.73 Å². The first-order valence-electron chi connectivity index (χ1n) is 5.14. The van der Waals surface area contributed by atoms with E-state index in [-0.39, 0.29) is 0 Å². The maximum atomic E-state index is 5.55. The van der Waals surface area contributed by atoms with E-state index in [2.05, 4.69) is 25.7 Å². The van der Waals surface area contributed by atoms with E-state index in [9.17, 15) is 0 Å². The number of hydrogen-bond acceptors (Lipinski definition) is 2. The molecule has 2 N–H and O–H groups in total. The minimum atomic E-state index is 0.603. The van der Waals surface area contributed by atoms with Crippen molar-refractivity contribution < 1.29 is 0 Å². The van der Waals surface area contributed by atoms with Crippen molar-refractivity contribution in [1.29, 1.82) is 0 Å². The first kappa shape index (κ1) is 12.8. The third-order valence-corrected chi connectivity index (χ3v) is 2.33. The zero-order valence-corrected chi connectivity index (χ0v) is 9.86. The van der Waals surface area contributed by atoms with E-state index in [1.165, 1.54) is 12.8 Å². The molecule has 1 unspecified atom stereocenters. The summed E-state index contributed by atoms with van der Waals surface area (Å²) in [5.74, 6) is 0. The maximum Gasteiger partial charge on any atom is 0.0870 e. The third kappa shape index (κ3) is 5.99. The van der Waals surface area contributed by atoms with Gasteiger partial charge in [-0.2, -0.15) is 0 Å². The lowest BCUT2D eigenvalue weighted by Crippen LogP contribution is -2.39. The van der Waals surface area contributed by atoms with Crippen LogP contribution in [0.2, 0.25) is 0 Å². The van der Waals surface area contributed by atoms with E-state index < -0.39 is 0 Å². The zero-order valence-electron chi connectivity index (χ0n) is 9.05. The van der Waals surface area contributed by atoms with Crippen molar-refractivity contribution in [2.45, 2.75) is 46.1 Å². The molecule has 13 heavy (non-hydrogen) atoms. The lowest BCUT2D eigenvalue weighted by atomic mass is 10.1. The second kappa shape index (κ2) is 7.27. The van der Waals surface area contributed by atoms with Crippen molar-refractivity contribution in [3.05, 3.63) is 0 Å². The Balaban J connectivity index is 3.97. The normalized spacial score (nSPS) is 13.2. The Hall–Kier alpha value is -0.150. The molecule has 78 valence electrons. The number of rotatable bonds is 7. The Labute approximate surface area is 87.5 Å². The first-order valence-corrected chi connectivity index (χ1v) is 5.55. The fourth-order valence-electron chi connectivity index (χ4n) is 1.54. The summed E-state index contributed by atoms with van der Waals surface area (Å²) in [4.78, 5) is 2.97. The van der Waals surface area contributed by atoms with Crippen LogP contribution in [0.1, 0.15) is 40.0 Å². The Morgan fingerprint density at radius 1 is 1.38 bits per heavy atom. The highest BCUT2D eigenvalue weighted by Crippen LogP contribution is 2.06. The summed E-state index contributed by atoms with van der Waals surface area (Å²) in [6.45, 7) is 8.51. The van der Waals surface area contributed by atoms with Gasteiger partial charge in [0.05, 0.1) is 4.99 Å². The molecule has 0 spiro atoms. The molecule has 0 saturated heterocycles. The van der Waals surface area contributed by atoms with E-state index in [0.717, 1.165) is 19.5 Å². The average molecular weight is 202 g/mol. The molecule has 0 fully saturated rings. The third-order valence-electron chi connectivity index (χ3n) is 2.20. The molecular weight excluding hydrogens is 180 g/mol. The number of hydrogen-bond donors (Lipinski definition) is 1. The van der Waals surface area contributed by atoms with Crippen molar-refractivity contribution in [2.75, 3.05) is 13.1 Å². The van der Waals surface area contributed by atoms with Crippen molar-refractivity contribution in [3.8, 4) is 0 Å². The molecule has 0 rings (SSSR count). The van der Waals surface area contributed by atoms with Crippen LogP contribution in [-0.2, 0) is 0 Å². The molecule has 0 aromatic rings. The van der Waals surface area contributed by atoms with Crippen LogP contribution in [-0.4, -0.2) is 29.0 Å². The second-order valence-electron chi connectivity index (χ2n) is 3.57. The Bertz CT molecular complexity index is 148. The molecule has 0 aliphatic rings. The predicted molar refractivity (Wildman–Crippen MR) is 63.0 cm³/mol. The molecule has 0 bridgehead atoms. The molecule has 1 atom stereocenters. The van der Waals surface area contributed by atoms with Gasteiger partial charge in [-0.15, -0.1) is 0 Å². The van der Waals surface area contributed by atoms with Gasteiger partial charge in [-0.25, -0.2) is 0 Å². The van der Waals surface area contributed by atoms with Crippen molar-refractivity contribution in [1.82, 2.24) is 4.90 Å². The lowest BCUT2D eigenvalue weighted by Gasteiger charge is -2.27. The summed E-state index contributed by atoms with van der Waals surface area (Å²) in [5, 5.41) is 0. The van der Waals surface area contributed by atoms with Crippen LogP contribution in [0.25, 0.3) is 0 Å². The topological polar surface area (TPSA) is 29.3 Å². The predicted octanol–water partition coefficient (Wildman–Crippen LogP) is 2.17. The first-order chi connectivity index (χ1) is 6.11. The van der Waals surface area contributed by atoms with E-state index in [1.54, 1.807) is 0 Å². The fraction of sp³-hybridized carbons (Fsp3) is 0.900. The minimum absolute atomic E-state index is 0.603. The van der Waals surface area contributed by atoms with Gasteiger partial charge in [0.15, 0.2) is 0 Å². The van der Waals surface area contributed by atoms with Crippen LogP contribution in [0.15, 0.2) is 0 Å². The Kier molecular flexibility index (Phi) is 7.19. The summed E-state index contributed by atoms with van der Waals surface area (Å²) in [6.07, 6.45) is 3.61. The number of nitrogens with two attached hydrogens (primary N) is 1. The minimum Gasteiger partial charge on any atom is -0.392 e. The molecule has 0 saturated carbocycles. The van der Waals surface area contributed by atoms with Crippen LogP contribution < -0.4 is 5.73 Å².